The molecule has 0 spiro atoms. The van der Waals surface area contributed by atoms with Crippen LogP contribution >= 0.6 is 0 Å². The van der Waals surface area contributed by atoms with E-state index in [0.717, 1.165) is 5.56 Å². The van der Waals surface area contributed by atoms with Gasteiger partial charge in [-0.2, -0.15) is 0 Å². The normalized spacial score (nSPS) is 10.1. The lowest BCUT2D eigenvalue weighted by atomic mass is 10.0. The van der Waals surface area contributed by atoms with Gasteiger partial charge in [-0.25, -0.2) is 0 Å². The maximum Gasteiger partial charge on any atom is 0.166 e. The van der Waals surface area contributed by atoms with Gasteiger partial charge >= 0.3 is 0 Å². The number of carbonyl (C=O) groups is 1. The highest BCUT2D eigenvalue weighted by Crippen LogP contribution is 2.29. The number of aryl methyl sites for hydroxylation is 1. The molecule has 1 aromatic carbocycles. The second-order valence-electron chi connectivity index (χ2n) is 3.84. The number of methoxy groups -OCH3 is 2. The third-order valence-corrected chi connectivity index (χ3v) is 2.63. The van der Waals surface area contributed by atoms with Crippen LogP contribution in [-0.4, -0.2) is 26.5 Å². The van der Waals surface area contributed by atoms with Gasteiger partial charge in [0, 0.05) is 6.42 Å². The molecule has 1 rings (SSSR count). The summed E-state index contributed by atoms with van der Waals surface area (Å²) in [4.78, 5) is 12.0. The van der Waals surface area contributed by atoms with E-state index in [2.05, 4.69) is 0 Å². The molecule has 94 valence electrons. The third kappa shape index (κ3) is 3.20. The Hall–Kier alpha value is -1.55. The number of benzene rings is 1. The molecule has 0 heterocycles. The van der Waals surface area contributed by atoms with Crippen LogP contribution in [0.5, 0.6) is 11.5 Å². The van der Waals surface area contributed by atoms with Gasteiger partial charge < -0.3 is 15.2 Å². The number of rotatable bonds is 6. The number of nitrogens with two attached hydrogens (primary N) is 1. The molecule has 0 aliphatic carbocycles. The Labute approximate surface area is 102 Å². The number of hydrogen-bond donors (Lipinski definition) is 1. The Balaban J connectivity index is 3.07. The summed E-state index contributed by atoms with van der Waals surface area (Å²) in [5.74, 6) is 1.32. The van der Waals surface area contributed by atoms with Gasteiger partial charge in [0.25, 0.3) is 0 Å². The first-order valence-corrected chi connectivity index (χ1v) is 5.60. The van der Waals surface area contributed by atoms with Crippen molar-refractivity contribution in [2.24, 2.45) is 5.73 Å². The number of ketones is 1. The Kier molecular flexibility index (Phi) is 4.97. The summed E-state index contributed by atoms with van der Waals surface area (Å²) in [6.45, 7) is 2.42. The minimum Gasteiger partial charge on any atom is -0.496 e. The molecule has 0 bridgehead atoms. The predicted molar refractivity (Wildman–Crippen MR) is 66.9 cm³/mol. The Morgan fingerprint density at radius 3 is 2.41 bits per heavy atom. The fraction of sp³-hybridized carbons (Fsp3) is 0.462. The van der Waals surface area contributed by atoms with Crippen molar-refractivity contribution in [3.05, 3.63) is 23.3 Å². The molecule has 0 unspecified atom stereocenters. The lowest BCUT2D eigenvalue weighted by Crippen LogP contribution is -2.07. The van der Waals surface area contributed by atoms with E-state index in [1.807, 2.05) is 13.0 Å². The van der Waals surface area contributed by atoms with Crippen molar-refractivity contribution < 1.29 is 14.3 Å². The van der Waals surface area contributed by atoms with Crippen molar-refractivity contribution in [2.45, 2.75) is 19.8 Å². The topological polar surface area (TPSA) is 61.5 Å². The van der Waals surface area contributed by atoms with E-state index in [4.69, 9.17) is 15.2 Å². The first kappa shape index (κ1) is 13.5. The molecule has 4 heteroatoms. The molecule has 0 amide bonds. The minimum atomic E-state index is 0.0330. The molecule has 0 saturated heterocycles. The molecule has 1 aromatic rings. The molecule has 0 aliphatic rings. The smallest absolute Gasteiger partial charge is 0.166 e. The fourth-order valence-electron chi connectivity index (χ4n) is 1.67. The van der Waals surface area contributed by atoms with Gasteiger partial charge in [0.2, 0.25) is 0 Å². The molecule has 0 aliphatic heterocycles. The minimum absolute atomic E-state index is 0.0330. The lowest BCUT2D eigenvalue weighted by Gasteiger charge is -2.12. The molecule has 2 N–H and O–H groups in total. The van der Waals surface area contributed by atoms with Crippen LogP contribution in [0.25, 0.3) is 0 Å². The van der Waals surface area contributed by atoms with Gasteiger partial charge in [0.05, 0.1) is 19.8 Å². The van der Waals surface area contributed by atoms with Crippen molar-refractivity contribution in [3.63, 3.8) is 0 Å². The van der Waals surface area contributed by atoms with Crippen molar-refractivity contribution in [1.29, 1.82) is 0 Å². The van der Waals surface area contributed by atoms with E-state index >= 15 is 0 Å². The zero-order chi connectivity index (χ0) is 12.8. The van der Waals surface area contributed by atoms with Crippen molar-refractivity contribution in [1.82, 2.24) is 0 Å². The van der Waals surface area contributed by atoms with E-state index in [9.17, 15) is 4.79 Å². The molecular weight excluding hydrogens is 218 g/mol. The van der Waals surface area contributed by atoms with Crippen LogP contribution < -0.4 is 15.2 Å². The fourth-order valence-corrected chi connectivity index (χ4v) is 1.67. The van der Waals surface area contributed by atoms with Crippen LogP contribution in [0.3, 0.4) is 0 Å². The Morgan fingerprint density at radius 2 is 1.88 bits per heavy atom. The SMILES string of the molecule is COc1cc(C(=O)CCCN)c(OC)cc1C. The molecule has 4 nitrogen and oxygen atoms in total. The van der Waals surface area contributed by atoms with Gasteiger partial charge in [-0.05, 0) is 37.6 Å². The summed E-state index contributed by atoms with van der Waals surface area (Å²) < 4.78 is 10.4. The maximum atomic E-state index is 12.0. The van der Waals surface area contributed by atoms with Crippen LogP contribution in [0.2, 0.25) is 0 Å². The molecule has 0 saturated carbocycles. The first-order valence-electron chi connectivity index (χ1n) is 5.60. The quantitative estimate of drug-likeness (QED) is 0.768. The van der Waals surface area contributed by atoms with Crippen LogP contribution in [0.1, 0.15) is 28.8 Å². The predicted octanol–water partition coefficient (Wildman–Crippen LogP) is 1.93. The summed E-state index contributed by atoms with van der Waals surface area (Å²) in [5, 5.41) is 0. The number of ether oxygens (including phenoxy) is 2. The third-order valence-electron chi connectivity index (χ3n) is 2.63. The Morgan fingerprint density at radius 1 is 1.24 bits per heavy atom. The highest BCUT2D eigenvalue weighted by atomic mass is 16.5. The Bertz CT molecular complexity index is 402. The molecular formula is C13H19NO3. The van der Waals surface area contributed by atoms with Crippen molar-refractivity contribution in [3.8, 4) is 11.5 Å². The summed E-state index contributed by atoms with van der Waals surface area (Å²) in [6, 6.07) is 3.54. The molecule has 17 heavy (non-hydrogen) atoms. The average molecular weight is 237 g/mol. The summed E-state index contributed by atoms with van der Waals surface area (Å²) >= 11 is 0. The van der Waals surface area contributed by atoms with E-state index in [1.54, 1.807) is 20.3 Å². The van der Waals surface area contributed by atoms with Gasteiger partial charge in [-0.15, -0.1) is 0 Å². The van der Waals surface area contributed by atoms with E-state index in [-0.39, 0.29) is 5.78 Å². The summed E-state index contributed by atoms with van der Waals surface area (Å²) in [5.41, 5.74) is 6.90. The zero-order valence-corrected chi connectivity index (χ0v) is 10.6. The van der Waals surface area contributed by atoms with Gasteiger partial charge in [0.15, 0.2) is 5.78 Å². The lowest BCUT2D eigenvalue weighted by molar-refractivity contribution is 0.0977. The van der Waals surface area contributed by atoms with Crippen LogP contribution in [0, 0.1) is 6.92 Å². The monoisotopic (exact) mass is 237 g/mol. The van der Waals surface area contributed by atoms with Crippen LogP contribution in [0.4, 0.5) is 0 Å². The van der Waals surface area contributed by atoms with Gasteiger partial charge in [0.1, 0.15) is 11.5 Å². The number of carbonyl (C=O) groups excluding carboxylic acids is 1. The molecule has 0 fully saturated rings. The van der Waals surface area contributed by atoms with E-state index in [0.29, 0.717) is 36.4 Å². The molecule has 0 atom stereocenters. The summed E-state index contributed by atoms with van der Waals surface area (Å²) in [6.07, 6.45) is 1.11. The summed E-state index contributed by atoms with van der Waals surface area (Å²) in [7, 11) is 3.14. The first-order chi connectivity index (χ1) is 8.13. The second kappa shape index (κ2) is 6.25. The maximum absolute atomic E-state index is 12.0. The van der Waals surface area contributed by atoms with Gasteiger partial charge in [-0.1, -0.05) is 0 Å². The second-order valence-corrected chi connectivity index (χ2v) is 3.84. The van der Waals surface area contributed by atoms with Crippen LogP contribution in [-0.2, 0) is 0 Å². The highest BCUT2D eigenvalue weighted by molar-refractivity contribution is 5.99. The van der Waals surface area contributed by atoms with Gasteiger partial charge in [-0.3, -0.25) is 4.79 Å². The number of hydrogen-bond acceptors (Lipinski definition) is 4. The largest absolute Gasteiger partial charge is 0.496 e. The van der Waals surface area contributed by atoms with E-state index < -0.39 is 0 Å². The average Bonchev–Trinajstić information content (AvgIpc) is 2.35. The zero-order valence-electron chi connectivity index (χ0n) is 10.6. The molecule has 0 aromatic heterocycles. The van der Waals surface area contributed by atoms with Crippen molar-refractivity contribution >= 4 is 5.78 Å². The standard InChI is InChI=1S/C13H19NO3/c1-9-7-13(17-3)10(8-12(9)16-2)11(15)5-4-6-14/h7-8H,4-6,14H2,1-3H3. The highest BCUT2D eigenvalue weighted by Gasteiger charge is 2.14. The van der Waals surface area contributed by atoms with Crippen molar-refractivity contribution in [2.75, 3.05) is 20.8 Å². The number of Topliss-reactive ketones (excluding diaryl/α,β-unsaturated/α-hetero) is 1. The van der Waals surface area contributed by atoms with Crippen LogP contribution in [0.15, 0.2) is 12.1 Å². The molecule has 0 radical (unpaired) electrons. The van der Waals surface area contributed by atoms with E-state index in [1.165, 1.54) is 0 Å².